The maximum Gasteiger partial charge on any atom is 0.191 e. The molecule has 0 radical (unpaired) electrons. The summed E-state index contributed by atoms with van der Waals surface area (Å²) in [5, 5.41) is 6.10. The molecule has 0 aliphatic rings. The van der Waals surface area contributed by atoms with E-state index in [0.29, 0.717) is 25.7 Å². The number of aryl methyl sites for hydroxylation is 1. The molecule has 0 spiro atoms. The molecule has 0 aromatic heterocycles. The molecule has 0 saturated heterocycles. The highest BCUT2D eigenvalue weighted by Crippen LogP contribution is 2.15. The predicted octanol–water partition coefficient (Wildman–Crippen LogP) is 1.75. The van der Waals surface area contributed by atoms with Crippen molar-refractivity contribution >= 4 is 15.8 Å². The Morgan fingerprint density at radius 1 is 1.12 bits per heavy atom. The van der Waals surface area contributed by atoms with Crippen molar-refractivity contribution in [2.24, 2.45) is 4.99 Å². The van der Waals surface area contributed by atoms with Crippen LogP contribution in [-0.2, 0) is 9.84 Å². The van der Waals surface area contributed by atoms with E-state index < -0.39 is 14.6 Å². The number of hydrogen-bond acceptors (Lipinski definition) is 4. The van der Waals surface area contributed by atoms with Gasteiger partial charge < -0.3 is 15.4 Å². The van der Waals surface area contributed by atoms with Gasteiger partial charge in [0.15, 0.2) is 15.8 Å². The van der Waals surface area contributed by atoms with Gasteiger partial charge in [0.25, 0.3) is 0 Å². The molecule has 0 unspecified atom stereocenters. The summed E-state index contributed by atoms with van der Waals surface area (Å²) in [4.78, 5) is 4.07. The van der Waals surface area contributed by atoms with E-state index in [1.165, 1.54) is 5.56 Å². The second kappa shape index (κ2) is 8.92. The fourth-order valence-corrected chi connectivity index (χ4v) is 2.79. The van der Waals surface area contributed by atoms with Crippen LogP contribution in [0.1, 0.15) is 26.3 Å². The van der Waals surface area contributed by atoms with E-state index in [1.54, 1.807) is 27.8 Å². The number of sulfone groups is 1. The topological polar surface area (TPSA) is 79.8 Å². The summed E-state index contributed by atoms with van der Waals surface area (Å²) in [7, 11) is -1.49. The Bertz CT molecular complexity index is 632. The van der Waals surface area contributed by atoms with E-state index in [4.69, 9.17) is 4.74 Å². The van der Waals surface area contributed by atoms with Crippen LogP contribution in [0, 0.1) is 6.92 Å². The lowest BCUT2D eigenvalue weighted by atomic mass is 10.2. The number of ether oxygens (including phenoxy) is 1. The Morgan fingerprint density at radius 3 is 2.25 bits per heavy atom. The third kappa shape index (κ3) is 6.78. The van der Waals surface area contributed by atoms with Gasteiger partial charge in [-0.2, -0.15) is 0 Å². The largest absolute Gasteiger partial charge is 0.492 e. The highest BCUT2D eigenvalue weighted by molar-refractivity contribution is 7.92. The van der Waals surface area contributed by atoms with Crippen molar-refractivity contribution in [1.82, 2.24) is 10.6 Å². The number of nitrogens with one attached hydrogen (secondary N) is 2. The summed E-state index contributed by atoms with van der Waals surface area (Å²) in [5.74, 6) is 1.45. The lowest BCUT2D eigenvalue weighted by molar-refractivity contribution is 0.322. The Kier molecular flexibility index (Phi) is 7.54. The SMILES string of the molecule is CN=C(NCCOc1ccc(C)cc1)NCCS(=O)(=O)C(C)(C)C. The molecule has 1 aromatic rings. The van der Waals surface area contributed by atoms with Crippen LogP contribution in [-0.4, -0.2) is 51.6 Å². The van der Waals surface area contributed by atoms with E-state index in [2.05, 4.69) is 15.6 Å². The standard InChI is InChI=1S/C17H29N3O3S/c1-14-6-8-15(9-7-14)23-12-10-19-16(18-5)20-11-13-24(21,22)17(2,3)4/h6-9H,10-13H2,1-5H3,(H2,18,19,20). The summed E-state index contributed by atoms with van der Waals surface area (Å²) < 4.78 is 29.0. The third-order valence-electron chi connectivity index (χ3n) is 3.50. The van der Waals surface area contributed by atoms with Gasteiger partial charge in [0.1, 0.15) is 12.4 Å². The van der Waals surface area contributed by atoms with Crippen LogP contribution < -0.4 is 15.4 Å². The van der Waals surface area contributed by atoms with E-state index >= 15 is 0 Å². The molecule has 2 N–H and O–H groups in total. The van der Waals surface area contributed by atoms with Crippen LogP contribution in [0.3, 0.4) is 0 Å². The van der Waals surface area contributed by atoms with Crippen molar-refractivity contribution in [3.63, 3.8) is 0 Å². The van der Waals surface area contributed by atoms with Crippen LogP contribution in [0.15, 0.2) is 29.3 Å². The number of nitrogens with zero attached hydrogens (tertiary/aromatic N) is 1. The molecule has 0 amide bonds. The minimum atomic E-state index is -3.14. The van der Waals surface area contributed by atoms with Crippen LogP contribution >= 0.6 is 0 Å². The second-order valence-electron chi connectivity index (χ2n) is 6.52. The Hall–Kier alpha value is -1.76. The lowest BCUT2D eigenvalue weighted by Crippen LogP contribution is -2.42. The lowest BCUT2D eigenvalue weighted by Gasteiger charge is -2.19. The molecule has 1 rings (SSSR count). The summed E-state index contributed by atoms with van der Waals surface area (Å²) in [6.45, 7) is 8.52. The maximum atomic E-state index is 12.0. The van der Waals surface area contributed by atoms with Crippen molar-refractivity contribution in [3.05, 3.63) is 29.8 Å². The molecule has 1 aromatic carbocycles. The molecule has 0 atom stereocenters. The van der Waals surface area contributed by atoms with Crippen LogP contribution in [0.4, 0.5) is 0 Å². The van der Waals surface area contributed by atoms with Crippen LogP contribution in [0.25, 0.3) is 0 Å². The smallest absolute Gasteiger partial charge is 0.191 e. The summed E-state index contributed by atoms with van der Waals surface area (Å²) >= 11 is 0. The van der Waals surface area contributed by atoms with Gasteiger partial charge in [-0.3, -0.25) is 4.99 Å². The monoisotopic (exact) mass is 355 g/mol. The van der Waals surface area contributed by atoms with Crippen LogP contribution in [0.2, 0.25) is 0 Å². The molecular formula is C17H29N3O3S. The molecule has 0 saturated carbocycles. The average Bonchev–Trinajstić information content (AvgIpc) is 2.50. The highest BCUT2D eigenvalue weighted by Gasteiger charge is 2.28. The zero-order chi connectivity index (χ0) is 18.2. The zero-order valence-electron chi connectivity index (χ0n) is 15.2. The second-order valence-corrected chi connectivity index (χ2v) is 9.38. The molecule has 0 aliphatic heterocycles. The molecular weight excluding hydrogens is 326 g/mol. The van der Waals surface area contributed by atoms with E-state index in [1.807, 2.05) is 31.2 Å². The quantitative estimate of drug-likeness (QED) is 0.442. The summed E-state index contributed by atoms with van der Waals surface area (Å²) in [6, 6.07) is 7.86. The molecule has 6 nitrogen and oxygen atoms in total. The van der Waals surface area contributed by atoms with Gasteiger partial charge in [-0.25, -0.2) is 8.42 Å². The zero-order valence-corrected chi connectivity index (χ0v) is 16.0. The first-order valence-corrected chi connectivity index (χ1v) is 9.67. The maximum absolute atomic E-state index is 12.0. The first-order chi connectivity index (χ1) is 11.2. The average molecular weight is 356 g/mol. The minimum Gasteiger partial charge on any atom is -0.492 e. The first-order valence-electron chi connectivity index (χ1n) is 8.02. The van der Waals surface area contributed by atoms with Crippen molar-refractivity contribution in [3.8, 4) is 5.75 Å². The van der Waals surface area contributed by atoms with E-state index in [-0.39, 0.29) is 5.75 Å². The molecule has 0 bridgehead atoms. The number of guanidine groups is 1. The minimum absolute atomic E-state index is 0.0665. The Balaban J connectivity index is 2.29. The number of hydrogen-bond donors (Lipinski definition) is 2. The number of benzene rings is 1. The molecule has 0 heterocycles. The van der Waals surface area contributed by atoms with E-state index in [0.717, 1.165) is 5.75 Å². The fourth-order valence-electron chi connectivity index (χ4n) is 1.80. The molecule has 136 valence electrons. The van der Waals surface area contributed by atoms with Crippen molar-refractivity contribution in [2.45, 2.75) is 32.4 Å². The third-order valence-corrected chi connectivity index (χ3v) is 6.11. The molecule has 0 fully saturated rings. The molecule has 24 heavy (non-hydrogen) atoms. The van der Waals surface area contributed by atoms with Crippen molar-refractivity contribution in [1.29, 1.82) is 0 Å². The van der Waals surface area contributed by atoms with Gasteiger partial charge in [-0.15, -0.1) is 0 Å². The number of rotatable bonds is 7. The molecule has 7 heteroatoms. The van der Waals surface area contributed by atoms with Gasteiger partial charge >= 0.3 is 0 Å². The normalized spacial score (nSPS) is 12.8. The first kappa shape index (κ1) is 20.3. The Morgan fingerprint density at radius 2 is 1.71 bits per heavy atom. The summed E-state index contributed by atoms with van der Waals surface area (Å²) in [5.41, 5.74) is 1.19. The van der Waals surface area contributed by atoms with E-state index in [9.17, 15) is 8.42 Å². The van der Waals surface area contributed by atoms with Crippen LogP contribution in [0.5, 0.6) is 5.75 Å². The van der Waals surface area contributed by atoms with Gasteiger partial charge in [0.2, 0.25) is 0 Å². The van der Waals surface area contributed by atoms with Gasteiger partial charge in [-0.05, 0) is 39.8 Å². The predicted molar refractivity (Wildman–Crippen MR) is 99.6 cm³/mol. The highest BCUT2D eigenvalue weighted by atomic mass is 32.2. The summed E-state index contributed by atoms with van der Waals surface area (Å²) in [6.07, 6.45) is 0. The van der Waals surface area contributed by atoms with Crippen molar-refractivity contribution < 1.29 is 13.2 Å². The Labute approximate surface area is 145 Å². The van der Waals surface area contributed by atoms with Gasteiger partial charge in [0, 0.05) is 13.6 Å². The molecule has 0 aliphatic carbocycles. The fraction of sp³-hybridized carbons (Fsp3) is 0.588. The van der Waals surface area contributed by atoms with Gasteiger partial charge in [0.05, 0.1) is 17.0 Å². The van der Waals surface area contributed by atoms with Crippen molar-refractivity contribution in [2.75, 3.05) is 32.5 Å². The number of aliphatic imine (C=N–C) groups is 1. The van der Waals surface area contributed by atoms with Gasteiger partial charge in [-0.1, -0.05) is 17.7 Å².